The molecular formula is C10H23ClN4O2S. The number of nitrogens with one attached hydrogen (secondary N) is 1. The number of nitrogens with zero attached hydrogens (tertiary/aromatic N) is 3. The third kappa shape index (κ3) is 3.34. The highest BCUT2D eigenvalue weighted by Crippen LogP contribution is 2.14. The average molecular weight is 299 g/mol. The Morgan fingerprint density at radius 3 is 2.22 bits per heavy atom. The summed E-state index contributed by atoms with van der Waals surface area (Å²) in [5, 5.41) is 3.35. The van der Waals surface area contributed by atoms with Crippen LogP contribution in [0.5, 0.6) is 0 Å². The van der Waals surface area contributed by atoms with Gasteiger partial charge in [-0.25, -0.2) is 0 Å². The first-order valence-electron chi connectivity index (χ1n) is 6.14. The molecule has 0 aliphatic carbocycles. The molecule has 2 saturated heterocycles. The average Bonchev–Trinajstić information content (AvgIpc) is 2.82. The van der Waals surface area contributed by atoms with E-state index in [1.165, 1.54) is 10.7 Å². The van der Waals surface area contributed by atoms with Gasteiger partial charge in [-0.3, -0.25) is 4.90 Å². The van der Waals surface area contributed by atoms with Gasteiger partial charge in [-0.05, 0) is 13.0 Å². The van der Waals surface area contributed by atoms with Crippen molar-refractivity contribution in [1.29, 1.82) is 0 Å². The van der Waals surface area contributed by atoms with E-state index in [0.717, 1.165) is 26.2 Å². The van der Waals surface area contributed by atoms with E-state index >= 15 is 0 Å². The Labute approximate surface area is 116 Å². The van der Waals surface area contributed by atoms with Gasteiger partial charge in [-0.2, -0.15) is 17.0 Å². The van der Waals surface area contributed by atoms with Gasteiger partial charge in [0.05, 0.1) is 0 Å². The highest BCUT2D eigenvalue weighted by molar-refractivity contribution is 7.86. The minimum absolute atomic E-state index is 0. The van der Waals surface area contributed by atoms with Crippen LogP contribution in [-0.2, 0) is 10.2 Å². The molecule has 0 saturated carbocycles. The molecule has 18 heavy (non-hydrogen) atoms. The van der Waals surface area contributed by atoms with Crippen molar-refractivity contribution in [2.24, 2.45) is 0 Å². The van der Waals surface area contributed by atoms with Gasteiger partial charge in [0, 0.05) is 52.9 Å². The first-order valence-corrected chi connectivity index (χ1v) is 7.54. The minimum Gasteiger partial charge on any atom is -0.315 e. The van der Waals surface area contributed by atoms with Gasteiger partial charge in [0.2, 0.25) is 0 Å². The predicted molar refractivity (Wildman–Crippen MR) is 74.3 cm³/mol. The summed E-state index contributed by atoms with van der Waals surface area (Å²) in [5.74, 6) is 0. The first-order chi connectivity index (χ1) is 8.01. The van der Waals surface area contributed by atoms with E-state index in [2.05, 4.69) is 10.2 Å². The second-order valence-electron chi connectivity index (χ2n) is 4.87. The topological polar surface area (TPSA) is 55.9 Å². The molecule has 2 heterocycles. The summed E-state index contributed by atoms with van der Waals surface area (Å²) in [6.07, 6.45) is 1.18. The van der Waals surface area contributed by atoms with Gasteiger partial charge in [0.25, 0.3) is 10.2 Å². The largest absolute Gasteiger partial charge is 0.315 e. The molecule has 8 heteroatoms. The van der Waals surface area contributed by atoms with E-state index < -0.39 is 10.2 Å². The molecule has 0 radical (unpaired) electrons. The van der Waals surface area contributed by atoms with Gasteiger partial charge < -0.3 is 5.32 Å². The molecule has 0 amide bonds. The number of hydrogen-bond donors (Lipinski definition) is 1. The Morgan fingerprint density at radius 1 is 1.17 bits per heavy atom. The van der Waals surface area contributed by atoms with Crippen molar-refractivity contribution in [2.75, 3.05) is 53.4 Å². The quantitative estimate of drug-likeness (QED) is 0.741. The standard InChI is InChI=1S/C10H22N4O2S.ClH/c1-12(2)17(15,16)14-7-5-13(6-8-14)10-3-4-11-9-10;/h10-11H,3-9H2,1-2H3;1H. The lowest BCUT2D eigenvalue weighted by Gasteiger charge is -2.37. The smallest absolute Gasteiger partial charge is 0.281 e. The highest BCUT2D eigenvalue weighted by Gasteiger charge is 2.31. The van der Waals surface area contributed by atoms with E-state index in [0.29, 0.717) is 19.1 Å². The number of halogens is 1. The molecule has 0 spiro atoms. The van der Waals surface area contributed by atoms with Crippen LogP contribution >= 0.6 is 12.4 Å². The molecule has 0 aromatic heterocycles. The zero-order chi connectivity index (χ0) is 12.5. The molecule has 1 atom stereocenters. The summed E-state index contributed by atoms with van der Waals surface area (Å²) >= 11 is 0. The summed E-state index contributed by atoms with van der Waals surface area (Å²) < 4.78 is 26.7. The van der Waals surface area contributed by atoms with Gasteiger partial charge in [-0.15, -0.1) is 12.4 Å². The Morgan fingerprint density at radius 2 is 1.78 bits per heavy atom. The van der Waals surface area contributed by atoms with E-state index in [-0.39, 0.29) is 12.4 Å². The lowest BCUT2D eigenvalue weighted by atomic mass is 10.2. The Bertz CT molecular complexity index is 349. The molecular weight excluding hydrogens is 276 g/mol. The van der Waals surface area contributed by atoms with Crippen molar-refractivity contribution >= 4 is 22.6 Å². The van der Waals surface area contributed by atoms with E-state index in [4.69, 9.17) is 0 Å². The second-order valence-corrected chi connectivity index (χ2v) is 7.01. The van der Waals surface area contributed by atoms with E-state index in [1.54, 1.807) is 18.4 Å². The van der Waals surface area contributed by atoms with Crippen LogP contribution in [0.1, 0.15) is 6.42 Å². The molecule has 2 rings (SSSR count). The molecule has 0 aromatic rings. The Hall–Kier alpha value is 0.0800. The molecule has 2 aliphatic heterocycles. The van der Waals surface area contributed by atoms with Gasteiger partial charge in [0.15, 0.2) is 0 Å². The summed E-state index contributed by atoms with van der Waals surface area (Å²) in [6.45, 7) is 5.04. The van der Waals surface area contributed by atoms with Gasteiger partial charge >= 0.3 is 0 Å². The third-order valence-corrected chi connectivity index (χ3v) is 5.55. The molecule has 0 aromatic carbocycles. The molecule has 1 unspecified atom stereocenters. The third-order valence-electron chi connectivity index (χ3n) is 3.61. The van der Waals surface area contributed by atoms with Gasteiger partial charge in [0.1, 0.15) is 0 Å². The summed E-state index contributed by atoms with van der Waals surface area (Å²) in [7, 11) is -0.0507. The number of rotatable bonds is 3. The van der Waals surface area contributed by atoms with Crippen LogP contribution in [0.3, 0.4) is 0 Å². The van der Waals surface area contributed by atoms with E-state index in [9.17, 15) is 8.42 Å². The molecule has 6 nitrogen and oxygen atoms in total. The van der Waals surface area contributed by atoms with Crippen LogP contribution < -0.4 is 5.32 Å². The van der Waals surface area contributed by atoms with Gasteiger partial charge in [-0.1, -0.05) is 0 Å². The van der Waals surface area contributed by atoms with Crippen molar-refractivity contribution in [1.82, 2.24) is 18.8 Å². The summed E-state index contributed by atoms with van der Waals surface area (Å²) in [4.78, 5) is 2.40. The Balaban J connectivity index is 0.00000162. The van der Waals surface area contributed by atoms with E-state index in [1.807, 2.05) is 0 Å². The van der Waals surface area contributed by atoms with Crippen LogP contribution in [0.2, 0.25) is 0 Å². The Kier molecular flexibility index (Phi) is 5.82. The molecule has 108 valence electrons. The van der Waals surface area contributed by atoms with Crippen LogP contribution in [0.4, 0.5) is 0 Å². The maximum Gasteiger partial charge on any atom is 0.281 e. The fraction of sp³-hybridized carbons (Fsp3) is 1.00. The lowest BCUT2D eigenvalue weighted by Crippen LogP contribution is -2.54. The SMILES string of the molecule is CN(C)S(=O)(=O)N1CCN(C2CCNC2)CC1.Cl. The molecule has 0 bridgehead atoms. The monoisotopic (exact) mass is 298 g/mol. The molecule has 2 fully saturated rings. The van der Waals surface area contributed by atoms with Crippen LogP contribution in [0, 0.1) is 0 Å². The predicted octanol–water partition coefficient (Wildman–Crippen LogP) is -0.806. The second kappa shape index (κ2) is 6.49. The first kappa shape index (κ1) is 16.1. The highest BCUT2D eigenvalue weighted by atomic mass is 35.5. The van der Waals surface area contributed by atoms with Crippen molar-refractivity contribution < 1.29 is 8.42 Å². The normalized spacial score (nSPS) is 27.4. The van der Waals surface area contributed by atoms with Crippen molar-refractivity contribution in [2.45, 2.75) is 12.5 Å². The zero-order valence-corrected chi connectivity index (χ0v) is 12.6. The lowest BCUT2D eigenvalue weighted by molar-refractivity contribution is 0.142. The van der Waals surface area contributed by atoms with Crippen LogP contribution in [0.15, 0.2) is 0 Å². The number of piperazine rings is 1. The maximum absolute atomic E-state index is 11.9. The fourth-order valence-corrected chi connectivity index (χ4v) is 3.57. The van der Waals surface area contributed by atoms with Crippen LogP contribution in [-0.4, -0.2) is 81.3 Å². The van der Waals surface area contributed by atoms with Crippen molar-refractivity contribution in [3.8, 4) is 0 Å². The minimum atomic E-state index is -3.22. The summed E-state index contributed by atoms with van der Waals surface area (Å²) in [5.41, 5.74) is 0. The maximum atomic E-state index is 11.9. The fourth-order valence-electron chi connectivity index (χ4n) is 2.48. The zero-order valence-electron chi connectivity index (χ0n) is 11.0. The summed E-state index contributed by atoms with van der Waals surface area (Å²) in [6, 6.07) is 0.596. The van der Waals surface area contributed by atoms with Crippen molar-refractivity contribution in [3.63, 3.8) is 0 Å². The molecule has 2 aliphatic rings. The number of hydrogen-bond acceptors (Lipinski definition) is 4. The van der Waals surface area contributed by atoms with Crippen LogP contribution in [0.25, 0.3) is 0 Å². The van der Waals surface area contributed by atoms with Crippen molar-refractivity contribution in [3.05, 3.63) is 0 Å². The molecule has 1 N–H and O–H groups in total.